The van der Waals surface area contributed by atoms with Crippen LogP contribution in [0.4, 0.5) is 5.13 Å². The summed E-state index contributed by atoms with van der Waals surface area (Å²) in [5.41, 5.74) is 1.50. The summed E-state index contributed by atoms with van der Waals surface area (Å²) in [7, 11) is 0. The highest BCUT2D eigenvalue weighted by molar-refractivity contribution is 7.16. The smallest absolute Gasteiger partial charge is 0.239 e. The number of hydrogen-bond acceptors (Lipinski definition) is 5. The van der Waals surface area contributed by atoms with Gasteiger partial charge in [0.1, 0.15) is 5.69 Å². The third-order valence-electron chi connectivity index (χ3n) is 4.13. The van der Waals surface area contributed by atoms with Crippen LogP contribution in [0.15, 0.2) is 11.6 Å². The van der Waals surface area contributed by atoms with Gasteiger partial charge in [-0.15, -0.1) is 11.3 Å². The SMILES string of the molecule is CC(=O)c1nc(N2C(=O)[C@H]3CC=C(C)C[C@H]3C2=O)sc1C. The number of rotatable bonds is 2. The molecule has 5 nitrogen and oxygen atoms in total. The summed E-state index contributed by atoms with van der Waals surface area (Å²) in [6, 6.07) is 0. The van der Waals surface area contributed by atoms with Crippen LogP contribution in [-0.2, 0) is 9.59 Å². The fourth-order valence-electron chi connectivity index (χ4n) is 3.03. The van der Waals surface area contributed by atoms with Gasteiger partial charge < -0.3 is 0 Å². The quantitative estimate of drug-likeness (QED) is 0.478. The molecule has 0 N–H and O–H groups in total. The maximum absolute atomic E-state index is 12.5. The lowest BCUT2D eigenvalue weighted by molar-refractivity contribution is -0.122. The number of nitrogens with zero attached hydrogens (tertiary/aromatic N) is 2. The maximum Gasteiger partial charge on any atom is 0.239 e. The summed E-state index contributed by atoms with van der Waals surface area (Å²) in [5.74, 6) is -1.05. The zero-order valence-corrected chi connectivity index (χ0v) is 13.0. The number of anilines is 1. The van der Waals surface area contributed by atoms with Gasteiger partial charge >= 0.3 is 0 Å². The normalized spacial score (nSPS) is 25.1. The van der Waals surface area contributed by atoms with Crippen LogP contribution in [0.3, 0.4) is 0 Å². The van der Waals surface area contributed by atoms with E-state index in [4.69, 9.17) is 0 Å². The van der Waals surface area contributed by atoms with Gasteiger partial charge in [-0.05, 0) is 26.7 Å². The summed E-state index contributed by atoms with van der Waals surface area (Å²) in [5, 5.41) is 0.333. The molecule has 0 unspecified atom stereocenters. The molecule has 3 rings (SSSR count). The first-order valence-corrected chi connectivity index (χ1v) is 7.73. The van der Waals surface area contributed by atoms with E-state index < -0.39 is 0 Å². The Kier molecular flexibility index (Phi) is 3.28. The minimum atomic E-state index is -0.272. The molecule has 2 aliphatic rings. The number of Topliss-reactive ketones (excluding diaryl/α,β-unsaturated/α-hetero) is 1. The van der Waals surface area contributed by atoms with Crippen LogP contribution < -0.4 is 4.90 Å². The number of aromatic nitrogens is 1. The van der Waals surface area contributed by atoms with Gasteiger partial charge in [0.15, 0.2) is 10.9 Å². The molecule has 21 heavy (non-hydrogen) atoms. The Balaban J connectivity index is 1.97. The first kappa shape index (κ1) is 14.1. The van der Waals surface area contributed by atoms with E-state index in [1.54, 1.807) is 6.92 Å². The van der Waals surface area contributed by atoms with Crippen LogP contribution in [0, 0.1) is 18.8 Å². The fourth-order valence-corrected chi connectivity index (χ4v) is 4.00. The Hall–Kier alpha value is -1.82. The second kappa shape index (κ2) is 4.87. The third-order valence-corrected chi connectivity index (χ3v) is 5.09. The van der Waals surface area contributed by atoms with E-state index in [0.29, 0.717) is 23.7 Å². The molecular weight excluding hydrogens is 288 g/mol. The van der Waals surface area contributed by atoms with Crippen LogP contribution in [0.2, 0.25) is 0 Å². The Morgan fingerprint density at radius 2 is 1.95 bits per heavy atom. The van der Waals surface area contributed by atoms with Crippen molar-refractivity contribution in [2.75, 3.05) is 4.90 Å². The summed E-state index contributed by atoms with van der Waals surface area (Å²) >= 11 is 1.23. The number of carbonyl (C=O) groups excluding carboxylic acids is 3. The van der Waals surface area contributed by atoms with Gasteiger partial charge in [0.25, 0.3) is 0 Å². The average molecular weight is 304 g/mol. The van der Waals surface area contributed by atoms with Crippen molar-refractivity contribution in [2.24, 2.45) is 11.8 Å². The van der Waals surface area contributed by atoms with Gasteiger partial charge in [-0.3, -0.25) is 14.4 Å². The highest BCUT2D eigenvalue weighted by Crippen LogP contribution is 2.41. The van der Waals surface area contributed by atoms with Gasteiger partial charge in [0.2, 0.25) is 11.8 Å². The van der Waals surface area contributed by atoms with Crippen LogP contribution in [-0.4, -0.2) is 22.6 Å². The lowest BCUT2D eigenvalue weighted by Gasteiger charge is -2.18. The van der Waals surface area contributed by atoms with Crippen LogP contribution in [0.25, 0.3) is 0 Å². The molecule has 1 aromatic rings. The van der Waals surface area contributed by atoms with Crippen molar-refractivity contribution >= 4 is 34.1 Å². The van der Waals surface area contributed by atoms with Crippen LogP contribution in [0.1, 0.15) is 42.1 Å². The maximum atomic E-state index is 12.5. The van der Waals surface area contributed by atoms with E-state index in [2.05, 4.69) is 4.98 Å². The second-order valence-corrected chi connectivity index (χ2v) is 6.85. The molecule has 1 aliphatic carbocycles. The van der Waals surface area contributed by atoms with Gasteiger partial charge in [0, 0.05) is 11.8 Å². The van der Waals surface area contributed by atoms with E-state index in [9.17, 15) is 14.4 Å². The molecule has 1 saturated heterocycles. The molecule has 2 amide bonds. The number of ketones is 1. The number of imide groups is 1. The molecule has 110 valence electrons. The predicted octanol–water partition coefficient (Wildman–Crippen LogP) is 2.50. The minimum absolute atomic E-state index is 0.149. The first-order valence-electron chi connectivity index (χ1n) is 6.92. The molecule has 2 atom stereocenters. The van der Waals surface area contributed by atoms with Crippen molar-refractivity contribution < 1.29 is 14.4 Å². The first-order chi connectivity index (χ1) is 9.90. The number of fused-ring (bicyclic) bond motifs is 1. The largest absolute Gasteiger partial charge is 0.293 e. The standard InChI is InChI=1S/C15H16N2O3S/c1-7-4-5-10-11(6-7)14(20)17(13(10)19)15-16-12(8(2)18)9(3)21-15/h4,10-11H,5-6H2,1-3H3/t10-,11+/m0/s1. The fraction of sp³-hybridized carbons (Fsp3) is 0.467. The molecule has 1 fully saturated rings. The van der Waals surface area contributed by atoms with Crippen molar-refractivity contribution in [1.82, 2.24) is 4.98 Å². The number of carbonyl (C=O) groups is 3. The molecular formula is C15H16N2O3S. The zero-order chi connectivity index (χ0) is 15.3. The van der Waals surface area contributed by atoms with Gasteiger partial charge in [-0.1, -0.05) is 11.6 Å². The third kappa shape index (κ3) is 2.14. The number of allylic oxidation sites excluding steroid dienone is 2. The van der Waals surface area contributed by atoms with Gasteiger partial charge in [-0.25, -0.2) is 9.88 Å². The van der Waals surface area contributed by atoms with Gasteiger partial charge in [0.05, 0.1) is 11.8 Å². The highest BCUT2D eigenvalue weighted by Gasteiger charge is 2.49. The molecule has 2 heterocycles. The predicted molar refractivity (Wildman–Crippen MR) is 79.3 cm³/mol. The minimum Gasteiger partial charge on any atom is -0.293 e. The Morgan fingerprint density at radius 3 is 2.57 bits per heavy atom. The number of aryl methyl sites for hydroxylation is 1. The molecule has 1 aromatic heterocycles. The molecule has 0 aromatic carbocycles. The summed E-state index contributed by atoms with van der Waals surface area (Å²) in [4.78, 5) is 42.7. The molecule has 0 saturated carbocycles. The van der Waals surface area contributed by atoms with E-state index >= 15 is 0 Å². The van der Waals surface area contributed by atoms with Crippen LogP contribution >= 0.6 is 11.3 Å². The monoisotopic (exact) mass is 304 g/mol. The molecule has 0 spiro atoms. The van der Waals surface area contributed by atoms with E-state index in [-0.39, 0.29) is 29.4 Å². The van der Waals surface area contributed by atoms with Crippen molar-refractivity contribution in [3.05, 3.63) is 22.2 Å². The topological polar surface area (TPSA) is 67.3 Å². The number of amides is 2. The number of hydrogen-bond donors (Lipinski definition) is 0. The lowest BCUT2D eigenvalue weighted by atomic mass is 9.82. The average Bonchev–Trinajstić information content (AvgIpc) is 2.90. The molecule has 1 aliphatic heterocycles. The van der Waals surface area contributed by atoms with E-state index in [1.807, 2.05) is 13.0 Å². The van der Waals surface area contributed by atoms with Crippen molar-refractivity contribution in [2.45, 2.75) is 33.6 Å². The van der Waals surface area contributed by atoms with E-state index in [0.717, 1.165) is 10.5 Å². The Morgan fingerprint density at radius 1 is 1.29 bits per heavy atom. The van der Waals surface area contributed by atoms with Crippen molar-refractivity contribution in [1.29, 1.82) is 0 Å². The molecule has 0 radical (unpaired) electrons. The highest BCUT2D eigenvalue weighted by atomic mass is 32.1. The summed E-state index contributed by atoms with van der Waals surface area (Å²) in [6.07, 6.45) is 3.28. The van der Waals surface area contributed by atoms with Gasteiger partial charge in [-0.2, -0.15) is 0 Å². The Bertz CT molecular complexity index is 689. The number of thiazole rings is 1. The van der Waals surface area contributed by atoms with Crippen molar-refractivity contribution in [3.63, 3.8) is 0 Å². The summed E-state index contributed by atoms with van der Waals surface area (Å²) < 4.78 is 0. The van der Waals surface area contributed by atoms with E-state index in [1.165, 1.54) is 23.2 Å². The lowest BCUT2D eigenvalue weighted by Crippen LogP contribution is -2.30. The zero-order valence-electron chi connectivity index (χ0n) is 12.2. The second-order valence-electron chi connectivity index (χ2n) is 5.67. The Labute approximate surface area is 126 Å². The van der Waals surface area contributed by atoms with Crippen molar-refractivity contribution in [3.8, 4) is 0 Å². The van der Waals surface area contributed by atoms with Crippen LogP contribution in [0.5, 0.6) is 0 Å². The molecule has 6 heteroatoms. The summed E-state index contributed by atoms with van der Waals surface area (Å²) in [6.45, 7) is 5.20. The molecule has 0 bridgehead atoms.